The molecule has 2 heterocycles. The maximum atomic E-state index is 10.9. The van der Waals surface area contributed by atoms with E-state index in [1.54, 1.807) is 20.1 Å². The molecule has 1 aliphatic rings. The predicted octanol–water partition coefficient (Wildman–Crippen LogP) is 0.697. The number of ether oxygens (including phenoxy) is 1. The molecule has 1 saturated heterocycles. The average Bonchev–Trinajstić information content (AvgIpc) is 2.76. The smallest absolute Gasteiger partial charge is 0.311 e. The van der Waals surface area contributed by atoms with Crippen LogP contribution in [0, 0.1) is 17.0 Å². The second kappa shape index (κ2) is 5.28. The van der Waals surface area contributed by atoms with Crippen LogP contribution in [0.1, 0.15) is 5.69 Å². The van der Waals surface area contributed by atoms with Gasteiger partial charge in [-0.05, 0) is 13.0 Å². The lowest BCUT2D eigenvalue weighted by Gasteiger charge is -2.19. The first-order valence-corrected chi connectivity index (χ1v) is 5.74. The molecule has 0 aromatic carbocycles. The Hall–Kier alpha value is -1.73. The number of hydrogen-bond donors (Lipinski definition) is 2. The average molecular weight is 252 g/mol. The lowest BCUT2D eigenvalue weighted by molar-refractivity contribution is -0.384. The van der Waals surface area contributed by atoms with Gasteiger partial charge in [0, 0.05) is 32.0 Å². The molecule has 1 unspecified atom stereocenters. The van der Waals surface area contributed by atoms with E-state index in [1.165, 1.54) is 6.07 Å². The van der Waals surface area contributed by atoms with Crippen LogP contribution in [0.4, 0.5) is 11.5 Å². The van der Waals surface area contributed by atoms with Gasteiger partial charge >= 0.3 is 5.69 Å². The third-order valence-electron chi connectivity index (χ3n) is 2.99. The number of pyridine rings is 1. The topological polar surface area (TPSA) is 89.3 Å². The lowest BCUT2D eigenvalue weighted by atomic mass is 10.2. The molecule has 18 heavy (non-hydrogen) atoms. The van der Waals surface area contributed by atoms with Crippen molar-refractivity contribution >= 4 is 11.5 Å². The fraction of sp³-hybridized carbons (Fsp3) is 0.545. The zero-order valence-electron chi connectivity index (χ0n) is 10.3. The summed E-state index contributed by atoms with van der Waals surface area (Å²) >= 11 is 0. The third kappa shape index (κ3) is 2.57. The van der Waals surface area contributed by atoms with Gasteiger partial charge in [-0.15, -0.1) is 0 Å². The summed E-state index contributed by atoms with van der Waals surface area (Å²) in [7, 11) is 1.63. The summed E-state index contributed by atoms with van der Waals surface area (Å²) in [5.74, 6) is 0.302. The van der Waals surface area contributed by atoms with E-state index in [0.717, 1.165) is 12.2 Å². The fourth-order valence-electron chi connectivity index (χ4n) is 2.02. The molecule has 1 aromatic rings. The molecule has 2 rings (SSSR count). The zero-order valence-corrected chi connectivity index (χ0v) is 10.3. The molecule has 0 aliphatic carbocycles. The molecule has 1 aliphatic heterocycles. The van der Waals surface area contributed by atoms with Crippen LogP contribution in [0.2, 0.25) is 0 Å². The summed E-state index contributed by atoms with van der Waals surface area (Å²) in [5, 5.41) is 17.2. The maximum Gasteiger partial charge on any atom is 0.311 e. The van der Waals surface area contributed by atoms with Gasteiger partial charge in [0.1, 0.15) is 0 Å². The Balaban J connectivity index is 2.22. The Labute approximate surface area is 105 Å². The summed E-state index contributed by atoms with van der Waals surface area (Å²) in [6.45, 7) is 3.23. The van der Waals surface area contributed by atoms with Crippen molar-refractivity contribution < 1.29 is 9.66 Å². The standard InChI is InChI=1S/C11H16N4O3/c1-7-3-4-9(15(16)17)11(13-7)14-8-5-12-6-10(8)18-2/h3-4,8,10,12H,5-6H2,1-2H3,(H,13,14)/t8?,10-/m0/s1. The van der Waals surface area contributed by atoms with Crippen LogP contribution in [-0.4, -0.2) is 42.3 Å². The minimum Gasteiger partial charge on any atom is -0.378 e. The minimum absolute atomic E-state index is 0.00748. The third-order valence-corrected chi connectivity index (χ3v) is 2.99. The molecule has 0 amide bonds. The van der Waals surface area contributed by atoms with Crippen molar-refractivity contribution in [2.45, 2.75) is 19.1 Å². The van der Waals surface area contributed by atoms with E-state index in [4.69, 9.17) is 4.74 Å². The SMILES string of the molecule is CO[C@H]1CNCC1Nc1nc(C)ccc1[N+](=O)[O-]. The van der Waals surface area contributed by atoms with Gasteiger partial charge in [0.15, 0.2) is 0 Å². The van der Waals surface area contributed by atoms with Crippen molar-refractivity contribution in [2.24, 2.45) is 0 Å². The van der Waals surface area contributed by atoms with E-state index in [2.05, 4.69) is 15.6 Å². The molecule has 0 spiro atoms. The number of nitrogens with one attached hydrogen (secondary N) is 2. The van der Waals surface area contributed by atoms with E-state index in [0.29, 0.717) is 12.4 Å². The van der Waals surface area contributed by atoms with Crippen LogP contribution in [0.5, 0.6) is 0 Å². The molecule has 0 bridgehead atoms. The number of anilines is 1. The second-order valence-electron chi connectivity index (χ2n) is 4.26. The van der Waals surface area contributed by atoms with Gasteiger partial charge in [0.2, 0.25) is 5.82 Å². The highest BCUT2D eigenvalue weighted by molar-refractivity contribution is 5.56. The van der Waals surface area contributed by atoms with Crippen LogP contribution in [0.15, 0.2) is 12.1 Å². The van der Waals surface area contributed by atoms with Gasteiger partial charge in [-0.25, -0.2) is 4.98 Å². The molecule has 0 saturated carbocycles. The molecule has 0 radical (unpaired) electrons. The van der Waals surface area contributed by atoms with Crippen molar-refractivity contribution in [3.8, 4) is 0 Å². The van der Waals surface area contributed by atoms with Crippen LogP contribution in [0.25, 0.3) is 0 Å². The first-order chi connectivity index (χ1) is 8.61. The number of nitrogens with zero attached hydrogens (tertiary/aromatic N) is 2. The number of nitro groups is 1. The van der Waals surface area contributed by atoms with Crippen LogP contribution in [-0.2, 0) is 4.74 Å². The largest absolute Gasteiger partial charge is 0.378 e. The lowest BCUT2D eigenvalue weighted by Crippen LogP contribution is -2.34. The van der Waals surface area contributed by atoms with Gasteiger partial charge in [-0.3, -0.25) is 10.1 Å². The summed E-state index contributed by atoms with van der Waals surface area (Å²) in [4.78, 5) is 14.7. The van der Waals surface area contributed by atoms with Crippen molar-refractivity contribution in [2.75, 3.05) is 25.5 Å². The van der Waals surface area contributed by atoms with Crippen molar-refractivity contribution in [1.29, 1.82) is 0 Å². The quantitative estimate of drug-likeness (QED) is 0.605. The normalized spacial score (nSPS) is 23.0. The van der Waals surface area contributed by atoms with Gasteiger partial charge < -0.3 is 15.4 Å². The Morgan fingerprint density at radius 2 is 2.33 bits per heavy atom. The second-order valence-corrected chi connectivity index (χ2v) is 4.26. The first kappa shape index (κ1) is 12.7. The van der Waals surface area contributed by atoms with Gasteiger partial charge in [-0.1, -0.05) is 0 Å². The monoisotopic (exact) mass is 252 g/mol. The molecular weight excluding hydrogens is 236 g/mol. The summed E-state index contributed by atoms with van der Waals surface area (Å²) < 4.78 is 5.30. The minimum atomic E-state index is -0.432. The van der Waals surface area contributed by atoms with E-state index in [-0.39, 0.29) is 17.8 Å². The zero-order chi connectivity index (χ0) is 13.1. The first-order valence-electron chi connectivity index (χ1n) is 5.74. The fourth-order valence-corrected chi connectivity index (χ4v) is 2.02. The molecule has 1 aromatic heterocycles. The molecule has 7 nitrogen and oxygen atoms in total. The highest BCUT2D eigenvalue weighted by Crippen LogP contribution is 2.23. The van der Waals surface area contributed by atoms with Crippen LogP contribution in [0.3, 0.4) is 0 Å². The van der Waals surface area contributed by atoms with Crippen molar-refractivity contribution in [3.05, 3.63) is 27.9 Å². The molecule has 2 atom stereocenters. The highest BCUT2D eigenvalue weighted by Gasteiger charge is 2.29. The molecular formula is C11H16N4O3. The van der Waals surface area contributed by atoms with Crippen molar-refractivity contribution in [1.82, 2.24) is 10.3 Å². The number of aromatic nitrogens is 1. The predicted molar refractivity (Wildman–Crippen MR) is 66.7 cm³/mol. The van der Waals surface area contributed by atoms with E-state index in [1.807, 2.05) is 0 Å². The molecule has 98 valence electrons. The van der Waals surface area contributed by atoms with E-state index < -0.39 is 4.92 Å². The Bertz CT molecular complexity index is 452. The Kier molecular flexibility index (Phi) is 3.73. The number of aryl methyl sites for hydroxylation is 1. The maximum absolute atomic E-state index is 10.9. The summed E-state index contributed by atoms with van der Waals surface area (Å²) in [6, 6.07) is 3.08. The van der Waals surface area contributed by atoms with Crippen molar-refractivity contribution in [3.63, 3.8) is 0 Å². The van der Waals surface area contributed by atoms with Crippen LogP contribution >= 0.6 is 0 Å². The molecule has 7 heteroatoms. The Morgan fingerprint density at radius 3 is 3.00 bits per heavy atom. The van der Waals surface area contributed by atoms with Gasteiger partial charge in [0.25, 0.3) is 0 Å². The molecule has 1 fully saturated rings. The molecule has 2 N–H and O–H groups in total. The number of methoxy groups -OCH3 is 1. The summed E-state index contributed by atoms with van der Waals surface area (Å²) in [6.07, 6.45) is -0.00748. The van der Waals surface area contributed by atoms with Gasteiger partial charge in [0.05, 0.1) is 17.1 Å². The van der Waals surface area contributed by atoms with Crippen LogP contribution < -0.4 is 10.6 Å². The highest BCUT2D eigenvalue weighted by atomic mass is 16.6. The number of rotatable bonds is 4. The Morgan fingerprint density at radius 1 is 1.56 bits per heavy atom. The van der Waals surface area contributed by atoms with E-state index in [9.17, 15) is 10.1 Å². The number of hydrogen-bond acceptors (Lipinski definition) is 6. The van der Waals surface area contributed by atoms with E-state index >= 15 is 0 Å². The van der Waals surface area contributed by atoms with Gasteiger partial charge in [-0.2, -0.15) is 0 Å². The summed E-state index contributed by atoms with van der Waals surface area (Å²) in [5.41, 5.74) is 0.727.